The van der Waals surface area contributed by atoms with Crippen molar-refractivity contribution >= 4 is 15.9 Å². The Morgan fingerprint density at radius 2 is 1.96 bits per heavy atom. The van der Waals surface area contributed by atoms with Gasteiger partial charge in [0, 0.05) is 12.0 Å². The number of sulfonamides is 1. The number of benzene rings is 2. The van der Waals surface area contributed by atoms with Crippen LogP contribution in [-0.4, -0.2) is 20.4 Å². The van der Waals surface area contributed by atoms with Gasteiger partial charge in [0.25, 0.3) is 5.91 Å². The van der Waals surface area contributed by atoms with Crippen LogP contribution in [0.2, 0.25) is 0 Å². The molecule has 2 aliphatic carbocycles. The lowest BCUT2D eigenvalue weighted by Gasteiger charge is -2.12. The van der Waals surface area contributed by atoms with Crippen LogP contribution in [0, 0.1) is 12.8 Å². The second-order valence-electron chi connectivity index (χ2n) is 6.64. The summed E-state index contributed by atoms with van der Waals surface area (Å²) in [6.07, 6.45) is 0.960. The quantitative estimate of drug-likeness (QED) is 0.890. The van der Waals surface area contributed by atoms with E-state index in [0.29, 0.717) is 11.8 Å². The summed E-state index contributed by atoms with van der Waals surface area (Å²) in [4.78, 5) is 12.5. The summed E-state index contributed by atoms with van der Waals surface area (Å²) in [5.41, 5.74) is 3.58. The molecule has 124 valence electrons. The van der Waals surface area contributed by atoms with Crippen molar-refractivity contribution in [2.45, 2.75) is 30.2 Å². The maximum Gasteiger partial charge on any atom is 0.252 e. The zero-order valence-corrected chi connectivity index (χ0v) is 14.0. The largest absolute Gasteiger partial charge is 0.348 e. The van der Waals surface area contributed by atoms with E-state index in [-0.39, 0.29) is 22.4 Å². The lowest BCUT2D eigenvalue weighted by Crippen LogP contribution is -2.30. The highest BCUT2D eigenvalue weighted by molar-refractivity contribution is 7.89. The van der Waals surface area contributed by atoms with Crippen molar-refractivity contribution in [2.75, 3.05) is 0 Å². The lowest BCUT2D eigenvalue weighted by molar-refractivity contribution is 0.0944. The number of nitrogens with two attached hydrogens (primary N) is 1. The Morgan fingerprint density at radius 3 is 2.71 bits per heavy atom. The van der Waals surface area contributed by atoms with E-state index in [2.05, 4.69) is 17.4 Å². The molecule has 0 spiro atoms. The van der Waals surface area contributed by atoms with E-state index in [1.54, 1.807) is 12.1 Å². The Hall–Kier alpha value is -2.18. The van der Waals surface area contributed by atoms with Gasteiger partial charge in [0.2, 0.25) is 10.0 Å². The molecular weight excluding hydrogens is 324 g/mol. The maximum absolute atomic E-state index is 12.6. The maximum atomic E-state index is 12.6. The normalized spacial score (nSPS) is 24.2. The van der Waals surface area contributed by atoms with Crippen molar-refractivity contribution in [3.8, 4) is 0 Å². The minimum absolute atomic E-state index is 0.0706. The van der Waals surface area contributed by atoms with E-state index in [0.717, 1.165) is 12.0 Å². The molecule has 2 aromatic rings. The van der Waals surface area contributed by atoms with Crippen molar-refractivity contribution in [2.24, 2.45) is 11.1 Å². The highest BCUT2D eigenvalue weighted by Crippen LogP contribution is 2.56. The number of amides is 1. The number of primary sulfonamides is 1. The summed E-state index contributed by atoms with van der Waals surface area (Å²) in [6, 6.07) is 12.9. The fourth-order valence-corrected chi connectivity index (χ4v) is 4.56. The van der Waals surface area contributed by atoms with E-state index in [9.17, 15) is 13.2 Å². The topological polar surface area (TPSA) is 89.3 Å². The van der Waals surface area contributed by atoms with Gasteiger partial charge in [-0.2, -0.15) is 0 Å². The van der Waals surface area contributed by atoms with Crippen molar-refractivity contribution in [1.82, 2.24) is 5.32 Å². The molecule has 2 aromatic carbocycles. The van der Waals surface area contributed by atoms with Gasteiger partial charge in [-0.05, 0) is 42.5 Å². The third-order valence-corrected chi connectivity index (χ3v) is 5.99. The Morgan fingerprint density at radius 1 is 1.21 bits per heavy atom. The number of rotatable bonds is 3. The Labute approximate surface area is 140 Å². The molecule has 5 nitrogen and oxygen atoms in total. The van der Waals surface area contributed by atoms with Crippen LogP contribution in [0.1, 0.15) is 33.0 Å². The minimum Gasteiger partial charge on any atom is -0.348 e. The minimum atomic E-state index is -3.94. The average molecular weight is 342 g/mol. The van der Waals surface area contributed by atoms with Crippen LogP contribution >= 0.6 is 0 Å². The molecule has 0 heterocycles. The van der Waals surface area contributed by atoms with E-state index < -0.39 is 10.0 Å². The first-order valence-electron chi connectivity index (χ1n) is 7.88. The molecular formula is C18H18N2O3S. The van der Waals surface area contributed by atoms with E-state index in [1.165, 1.54) is 17.2 Å². The molecule has 6 heteroatoms. The van der Waals surface area contributed by atoms with Crippen LogP contribution in [-0.2, 0) is 16.4 Å². The van der Waals surface area contributed by atoms with Gasteiger partial charge in [-0.1, -0.05) is 35.9 Å². The van der Waals surface area contributed by atoms with Crippen molar-refractivity contribution in [3.63, 3.8) is 0 Å². The second-order valence-corrected chi connectivity index (χ2v) is 8.17. The zero-order chi connectivity index (χ0) is 17.1. The molecule has 1 fully saturated rings. The molecule has 2 aliphatic rings. The zero-order valence-electron chi connectivity index (χ0n) is 13.2. The number of hydrogen-bond donors (Lipinski definition) is 2. The van der Waals surface area contributed by atoms with Gasteiger partial charge in [0.1, 0.15) is 0 Å². The Kier molecular flexibility index (Phi) is 3.30. The highest BCUT2D eigenvalue weighted by Gasteiger charge is 2.56. The summed E-state index contributed by atoms with van der Waals surface area (Å²) in [7, 11) is -3.94. The van der Waals surface area contributed by atoms with Gasteiger partial charge in [0.05, 0.1) is 10.5 Å². The predicted molar refractivity (Wildman–Crippen MR) is 90.2 cm³/mol. The Bertz CT molecular complexity index is 952. The van der Waals surface area contributed by atoms with Gasteiger partial charge in [-0.15, -0.1) is 0 Å². The van der Waals surface area contributed by atoms with E-state index >= 15 is 0 Å². The molecule has 0 aliphatic heterocycles. The number of fused-ring (bicyclic) bond motifs is 3. The van der Waals surface area contributed by atoms with Gasteiger partial charge in [-0.25, -0.2) is 13.6 Å². The van der Waals surface area contributed by atoms with Crippen LogP contribution in [0.25, 0.3) is 0 Å². The van der Waals surface area contributed by atoms with Crippen molar-refractivity contribution in [1.29, 1.82) is 0 Å². The Balaban J connectivity index is 1.59. The number of hydrogen-bond acceptors (Lipinski definition) is 3. The molecule has 0 saturated heterocycles. The fourth-order valence-electron chi connectivity index (χ4n) is 3.85. The average Bonchev–Trinajstić information content (AvgIpc) is 3.03. The molecule has 3 N–H and O–H groups in total. The van der Waals surface area contributed by atoms with Crippen molar-refractivity contribution in [3.05, 3.63) is 64.7 Å². The SMILES string of the molecule is Cc1ccc(S(N)(=O)=O)c(C(=O)NC2C3Cc4ccccc4C32)c1. The summed E-state index contributed by atoms with van der Waals surface area (Å²) in [5.74, 6) is 0.376. The smallest absolute Gasteiger partial charge is 0.252 e. The molecule has 0 bridgehead atoms. The first-order valence-corrected chi connectivity index (χ1v) is 9.43. The first-order chi connectivity index (χ1) is 11.4. The summed E-state index contributed by atoms with van der Waals surface area (Å²) >= 11 is 0. The van der Waals surface area contributed by atoms with Crippen LogP contribution < -0.4 is 10.5 Å². The predicted octanol–water partition coefficient (Wildman–Crippen LogP) is 1.71. The summed E-state index contributed by atoms with van der Waals surface area (Å²) < 4.78 is 23.5. The molecule has 0 aromatic heterocycles. The third kappa shape index (κ3) is 2.42. The molecule has 24 heavy (non-hydrogen) atoms. The van der Waals surface area contributed by atoms with Crippen LogP contribution in [0.4, 0.5) is 0 Å². The monoisotopic (exact) mass is 342 g/mol. The van der Waals surface area contributed by atoms with Gasteiger partial charge >= 0.3 is 0 Å². The summed E-state index contributed by atoms with van der Waals surface area (Å²) in [6.45, 7) is 1.81. The molecule has 1 amide bonds. The number of carbonyl (C=O) groups excluding carboxylic acids is 1. The third-order valence-electron chi connectivity index (χ3n) is 5.02. The molecule has 1 saturated carbocycles. The van der Waals surface area contributed by atoms with Crippen molar-refractivity contribution < 1.29 is 13.2 Å². The lowest BCUT2D eigenvalue weighted by atomic mass is 10.0. The molecule has 4 rings (SSSR count). The van der Waals surface area contributed by atoms with Gasteiger partial charge < -0.3 is 5.32 Å². The number of carbonyl (C=O) groups is 1. The van der Waals surface area contributed by atoms with Gasteiger partial charge in [0.15, 0.2) is 0 Å². The van der Waals surface area contributed by atoms with E-state index in [4.69, 9.17) is 5.14 Å². The van der Waals surface area contributed by atoms with Crippen LogP contribution in [0.5, 0.6) is 0 Å². The first kappa shape index (κ1) is 15.4. The molecule has 3 unspecified atom stereocenters. The standard InChI is InChI=1S/C18H18N2O3S/c1-10-6-7-15(24(19,22)23)13(8-10)18(21)20-17-14-9-11-4-2-3-5-12(11)16(14)17/h2-8,14,16-17H,9H2,1H3,(H,20,21)(H2,19,22,23). The van der Waals surface area contributed by atoms with Gasteiger partial charge in [-0.3, -0.25) is 4.79 Å². The number of nitrogens with one attached hydrogen (secondary N) is 1. The van der Waals surface area contributed by atoms with Crippen LogP contribution in [0.15, 0.2) is 47.4 Å². The van der Waals surface area contributed by atoms with E-state index in [1.807, 2.05) is 19.1 Å². The highest BCUT2D eigenvalue weighted by atomic mass is 32.2. The fraction of sp³-hybridized carbons (Fsp3) is 0.278. The number of aryl methyl sites for hydroxylation is 1. The van der Waals surface area contributed by atoms with Crippen LogP contribution in [0.3, 0.4) is 0 Å². The molecule has 3 atom stereocenters. The summed E-state index contributed by atoms with van der Waals surface area (Å²) in [5, 5.41) is 8.23. The molecule has 0 radical (unpaired) electrons. The second kappa shape index (κ2) is 5.16.